The summed E-state index contributed by atoms with van der Waals surface area (Å²) in [5.41, 5.74) is 0.200. The van der Waals surface area contributed by atoms with Crippen LogP contribution in [0.5, 0.6) is 0 Å². The van der Waals surface area contributed by atoms with Crippen LogP contribution in [-0.4, -0.2) is 34.6 Å². The number of amides is 2. The van der Waals surface area contributed by atoms with Crippen molar-refractivity contribution >= 4 is 29.3 Å². The van der Waals surface area contributed by atoms with E-state index in [2.05, 4.69) is 5.32 Å². The fourth-order valence-corrected chi connectivity index (χ4v) is 2.31. The number of halogens is 2. The summed E-state index contributed by atoms with van der Waals surface area (Å²) in [7, 11) is 0. The van der Waals surface area contributed by atoms with E-state index in [1.165, 1.54) is 11.0 Å². The lowest BCUT2D eigenvalue weighted by atomic mass is 10.2. The molecule has 1 atom stereocenters. The SMILES string of the molecule is O=C(O)C1CCCN1C(=O)Nc1cc(F)cc(Cl)c1. The Bertz CT molecular complexity index is 503. The van der Waals surface area contributed by atoms with Crippen molar-refractivity contribution in [3.8, 4) is 0 Å². The minimum absolute atomic E-state index is 0.159. The zero-order chi connectivity index (χ0) is 14.0. The summed E-state index contributed by atoms with van der Waals surface area (Å²) >= 11 is 5.67. The minimum atomic E-state index is -1.04. The Hall–Kier alpha value is -1.82. The lowest BCUT2D eigenvalue weighted by Crippen LogP contribution is -2.42. The first-order chi connectivity index (χ1) is 8.97. The zero-order valence-electron chi connectivity index (χ0n) is 9.90. The Balaban J connectivity index is 2.10. The van der Waals surface area contributed by atoms with Crippen LogP contribution in [0.2, 0.25) is 5.02 Å². The molecular formula is C12H12ClFN2O3. The summed E-state index contributed by atoms with van der Waals surface area (Å²) in [6.07, 6.45) is 1.06. The molecule has 5 nitrogen and oxygen atoms in total. The summed E-state index contributed by atoms with van der Waals surface area (Å²) in [6.45, 7) is 0.367. The van der Waals surface area contributed by atoms with E-state index in [0.29, 0.717) is 19.4 Å². The number of urea groups is 1. The Kier molecular flexibility index (Phi) is 3.90. The van der Waals surface area contributed by atoms with Gasteiger partial charge in [-0.3, -0.25) is 0 Å². The van der Waals surface area contributed by atoms with Crippen LogP contribution < -0.4 is 5.32 Å². The predicted octanol–water partition coefficient (Wildman–Crippen LogP) is 2.56. The highest BCUT2D eigenvalue weighted by molar-refractivity contribution is 6.30. The summed E-state index contributed by atoms with van der Waals surface area (Å²) in [5.74, 6) is -1.61. The predicted molar refractivity (Wildman–Crippen MR) is 67.8 cm³/mol. The van der Waals surface area contributed by atoms with Crippen LogP contribution >= 0.6 is 11.6 Å². The first kappa shape index (κ1) is 13.6. The lowest BCUT2D eigenvalue weighted by Gasteiger charge is -2.21. The molecule has 0 radical (unpaired) electrons. The Morgan fingerprint density at radius 3 is 2.79 bits per heavy atom. The van der Waals surface area contributed by atoms with Crippen LogP contribution in [0.25, 0.3) is 0 Å². The third kappa shape index (κ3) is 3.14. The van der Waals surface area contributed by atoms with Gasteiger partial charge in [0.05, 0.1) is 0 Å². The highest BCUT2D eigenvalue weighted by Crippen LogP contribution is 2.21. The molecule has 1 aliphatic rings. The molecule has 1 aromatic rings. The van der Waals surface area contributed by atoms with Gasteiger partial charge in [-0.15, -0.1) is 0 Å². The highest BCUT2D eigenvalue weighted by Gasteiger charge is 2.33. The summed E-state index contributed by atoms with van der Waals surface area (Å²) in [4.78, 5) is 24.1. The number of carbonyl (C=O) groups is 2. The van der Waals surface area contributed by atoms with Crippen LogP contribution in [0, 0.1) is 5.82 Å². The van der Waals surface area contributed by atoms with E-state index < -0.39 is 23.9 Å². The van der Waals surface area contributed by atoms with E-state index in [4.69, 9.17) is 16.7 Å². The van der Waals surface area contributed by atoms with Crippen molar-refractivity contribution in [2.45, 2.75) is 18.9 Å². The molecule has 2 N–H and O–H groups in total. The van der Waals surface area contributed by atoms with Crippen molar-refractivity contribution in [1.29, 1.82) is 0 Å². The maximum Gasteiger partial charge on any atom is 0.326 e. The molecule has 1 aliphatic heterocycles. The van der Waals surface area contributed by atoms with Crippen LogP contribution in [0.1, 0.15) is 12.8 Å². The van der Waals surface area contributed by atoms with Gasteiger partial charge in [-0.25, -0.2) is 14.0 Å². The van der Waals surface area contributed by atoms with E-state index in [9.17, 15) is 14.0 Å². The average Bonchev–Trinajstić information content (AvgIpc) is 2.75. The second-order valence-electron chi connectivity index (χ2n) is 4.28. The number of carboxylic acids is 1. The maximum atomic E-state index is 13.1. The second-order valence-corrected chi connectivity index (χ2v) is 4.71. The van der Waals surface area contributed by atoms with E-state index in [-0.39, 0.29) is 10.7 Å². The monoisotopic (exact) mass is 286 g/mol. The fraction of sp³-hybridized carbons (Fsp3) is 0.333. The van der Waals surface area contributed by atoms with Crippen molar-refractivity contribution in [2.75, 3.05) is 11.9 Å². The van der Waals surface area contributed by atoms with E-state index in [0.717, 1.165) is 12.1 Å². The molecule has 1 heterocycles. The van der Waals surface area contributed by atoms with Crippen molar-refractivity contribution in [3.05, 3.63) is 29.0 Å². The molecule has 0 spiro atoms. The summed E-state index contributed by atoms with van der Waals surface area (Å²) in [6, 6.07) is 2.24. The number of carbonyl (C=O) groups excluding carboxylic acids is 1. The zero-order valence-corrected chi connectivity index (χ0v) is 10.7. The second kappa shape index (κ2) is 5.44. The normalized spacial score (nSPS) is 18.4. The molecule has 1 fully saturated rings. The van der Waals surface area contributed by atoms with Gasteiger partial charge >= 0.3 is 12.0 Å². The Labute approximate surface area is 114 Å². The number of carboxylic acid groups (broad SMARTS) is 1. The number of rotatable bonds is 2. The van der Waals surface area contributed by atoms with E-state index in [1.807, 2.05) is 0 Å². The Morgan fingerprint density at radius 2 is 2.16 bits per heavy atom. The first-order valence-corrected chi connectivity index (χ1v) is 6.11. The molecule has 0 aromatic heterocycles. The number of nitrogens with one attached hydrogen (secondary N) is 1. The van der Waals surface area contributed by atoms with E-state index in [1.54, 1.807) is 0 Å². The number of anilines is 1. The number of aliphatic carboxylic acids is 1. The molecule has 7 heteroatoms. The van der Waals surface area contributed by atoms with Crippen molar-refractivity contribution in [1.82, 2.24) is 4.90 Å². The number of hydrogen-bond donors (Lipinski definition) is 2. The Morgan fingerprint density at radius 1 is 1.42 bits per heavy atom. The standard InChI is InChI=1S/C12H12ClFN2O3/c13-7-4-8(14)6-9(5-7)15-12(19)16-3-1-2-10(16)11(17)18/h4-6,10H,1-3H2,(H,15,19)(H,17,18). The minimum Gasteiger partial charge on any atom is -0.480 e. The van der Waals surface area contributed by atoms with Crippen molar-refractivity contribution < 1.29 is 19.1 Å². The molecule has 0 saturated carbocycles. The molecule has 2 rings (SSSR count). The first-order valence-electron chi connectivity index (χ1n) is 5.74. The summed E-state index contributed by atoms with van der Waals surface area (Å²) < 4.78 is 13.1. The molecule has 1 aromatic carbocycles. The average molecular weight is 287 g/mol. The van der Waals surface area contributed by atoms with Gasteiger partial charge in [0.15, 0.2) is 0 Å². The molecule has 102 valence electrons. The number of likely N-dealkylation sites (tertiary alicyclic amines) is 1. The number of hydrogen-bond acceptors (Lipinski definition) is 2. The van der Waals surface area contributed by atoms with Crippen molar-refractivity contribution in [3.63, 3.8) is 0 Å². The van der Waals surface area contributed by atoms with E-state index >= 15 is 0 Å². The van der Waals surface area contributed by atoms with Gasteiger partial charge in [0.2, 0.25) is 0 Å². The highest BCUT2D eigenvalue weighted by atomic mass is 35.5. The molecule has 1 saturated heterocycles. The van der Waals surface area contributed by atoms with Crippen LogP contribution in [-0.2, 0) is 4.79 Å². The van der Waals surface area contributed by atoms with Gasteiger partial charge in [-0.05, 0) is 31.0 Å². The van der Waals surface area contributed by atoms with Gasteiger partial charge in [-0.2, -0.15) is 0 Å². The van der Waals surface area contributed by atoms with Gasteiger partial charge in [-0.1, -0.05) is 11.6 Å². The molecule has 0 aliphatic carbocycles. The van der Waals surface area contributed by atoms with Crippen molar-refractivity contribution in [2.24, 2.45) is 0 Å². The largest absolute Gasteiger partial charge is 0.480 e. The van der Waals surface area contributed by atoms with Crippen LogP contribution in [0.15, 0.2) is 18.2 Å². The van der Waals surface area contributed by atoms with Crippen LogP contribution in [0.3, 0.4) is 0 Å². The molecule has 19 heavy (non-hydrogen) atoms. The lowest BCUT2D eigenvalue weighted by molar-refractivity contribution is -0.141. The fourth-order valence-electron chi connectivity index (χ4n) is 2.09. The van der Waals surface area contributed by atoms with Gasteiger partial charge in [0.1, 0.15) is 11.9 Å². The smallest absolute Gasteiger partial charge is 0.326 e. The molecule has 0 bridgehead atoms. The van der Waals surface area contributed by atoms with Gasteiger partial charge in [0.25, 0.3) is 0 Å². The molecule has 2 amide bonds. The van der Waals surface area contributed by atoms with Gasteiger partial charge in [0, 0.05) is 17.3 Å². The summed E-state index contributed by atoms with van der Waals surface area (Å²) in [5, 5.41) is 11.6. The topological polar surface area (TPSA) is 69.6 Å². The third-order valence-corrected chi connectivity index (χ3v) is 3.13. The number of nitrogens with zero attached hydrogens (tertiary/aromatic N) is 1. The third-order valence-electron chi connectivity index (χ3n) is 2.91. The van der Waals surface area contributed by atoms with Gasteiger partial charge < -0.3 is 15.3 Å². The quantitative estimate of drug-likeness (QED) is 0.878. The maximum absolute atomic E-state index is 13.1. The molecular weight excluding hydrogens is 275 g/mol. The van der Waals surface area contributed by atoms with Crippen LogP contribution in [0.4, 0.5) is 14.9 Å². The number of benzene rings is 1. The molecule has 1 unspecified atom stereocenters.